The molecule has 206 valence electrons. The molecule has 0 saturated carbocycles. The topological polar surface area (TPSA) is 73.0 Å². The van der Waals surface area contributed by atoms with Crippen molar-refractivity contribution in [1.82, 2.24) is 9.80 Å². The van der Waals surface area contributed by atoms with Crippen molar-refractivity contribution in [3.05, 3.63) is 95.6 Å². The summed E-state index contributed by atoms with van der Waals surface area (Å²) in [6.07, 6.45) is 0.784. The molecule has 1 N–H and O–H groups in total. The molecule has 0 unspecified atom stereocenters. The Morgan fingerprint density at radius 2 is 1.41 bits per heavy atom. The average Bonchev–Trinajstić information content (AvgIpc) is 3.15. The largest absolute Gasteiger partial charge is 0.326 e. The van der Waals surface area contributed by atoms with Gasteiger partial charge in [0.15, 0.2) is 0 Å². The Morgan fingerprint density at radius 3 is 1.97 bits per heavy atom. The number of benzene rings is 3. The molecule has 2 amide bonds. The van der Waals surface area contributed by atoms with Gasteiger partial charge >= 0.3 is 0 Å². The summed E-state index contributed by atoms with van der Waals surface area (Å²) in [6.45, 7) is 6.62. The number of hydrogen-bond acceptors (Lipinski definition) is 5. The summed E-state index contributed by atoms with van der Waals surface area (Å²) >= 11 is 0. The van der Waals surface area contributed by atoms with Gasteiger partial charge in [-0.2, -0.15) is 0 Å². The molecular formula is C30H34Cl2N4O3. The van der Waals surface area contributed by atoms with E-state index in [0.717, 1.165) is 39.1 Å². The minimum absolute atomic E-state index is 0. The SMILES string of the molecule is CC(=O)Nc1ccc2c(c1)C(=O)C(=O)N2CCCN1CCN(C(c2ccccc2)c2ccccc2)CC1.Cl.Cl. The van der Waals surface area contributed by atoms with E-state index in [-0.39, 0.29) is 36.8 Å². The third-order valence-electron chi connectivity index (χ3n) is 7.15. The summed E-state index contributed by atoms with van der Waals surface area (Å²) in [5, 5.41) is 2.67. The molecule has 0 bridgehead atoms. The Labute approximate surface area is 242 Å². The second-order valence-electron chi connectivity index (χ2n) is 9.65. The van der Waals surface area contributed by atoms with Crippen molar-refractivity contribution in [1.29, 1.82) is 0 Å². The summed E-state index contributed by atoms with van der Waals surface area (Å²) in [7, 11) is 0. The molecule has 0 spiro atoms. The Hall–Kier alpha value is -3.23. The average molecular weight is 570 g/mol. The second kappa shape index (κ2) is 13.7. The van der Waals surface area contributed by atoms with Crippen molar-refractivity contribution in [2.45, 2.75) is 19.4 Å². The summed E-state index contributed by atoms with van der Waals surface area (Å²) in [4.78, 5) is 43.1. The van der Waals surface area contributed by atoms with E-state index in [4.69, 9.17) is 0 Å². The van der Waals surface area contributed by atoms with Crippen LogP contribution in [-0.4, -0.2) is 66.7 Å². The molecule has 2 aliphatic heterocycles. The van der Waals surface area contributed by atoms with Crippen LogP contribution in [0.1, 0.15) is 40.9 Å². The third kappa shape index (κ3) is 6.86. The number of fused-ring (bicyclic) bond motifs is 1. The Kier molecular flexibility index (Phi) is 10.7. The molecule has 7 nitrogen and oxygen atoms in total. The first kappa shape index (κ1) is 30.3. The highest BCUT2D eigenvalue weighted by molar-refractivity contribution is 6.52. The van der Waals surface area contributed by atoms with Gasteiger partial charge in [0.25, 0.3) is 11.7 Å². The molecular weight excluding hydrogens is 535 g/mol. The molecule has 0 aromatic heterocycles. The van der Waals surface area contributed by atoms with E-state index in [1.165, 1.54) is 18.1 Å². The molecule has 1 saturated heterocycles. The van der Waals surface area contributed by atoms with Crippen LogP contribution in [0.15, 0.2) is 78.9 Å². The smallest absolute Gasteiger partial charge is 0.299 e. The van der Waals surface area contributed by atoms with Gasteiger partial charge in [0.2, 0.25) is 5.91 Å². The molecule has 0 aliphatic carbocycles. The zero-order valence-corrected chi connectivity index (χ0v) is 23.5. The van der Waals surface area contributed by atoms with Gasteiger partial charge < -0.3 is 15.1 Å². The fraction of sp³-hybridized carbons (Fsp3) is 0.300. The minimum Gasteiger partial charge on any atom is -0.326 e. The van der Waals surface area contributed by atoms with E-state index in [0.29, 0.717) is 23.5 Å². The molecule has 5 rings (SSSR count). The van der Waals surface area contributed by atoms with Crippen molar-refractivity contribution >= 4 is 53.8 Å². The van der Waals surface area contributed by atoms with Crippen LogP contribution in [0.3, 0.4) is 0 Å². The van der Waals surface area contributed by atoms with E-state index in [1.54, 1.807) is 23.1 Å². The van der Waals surface area contributed by atoms with Crippen LogP contribution in [0.4, 0.5) is 11.4 Å². The van der Waals surface area contributed by atoms with Gasteiger partial charge in [-0.3, -0.25) is 19.3 Å². The van der Waals surface area contributed by atoms with Gasteiger partial charge in [-0.15, -0.1) is 24.8 Å². The van der Waals surface area contributed by atoms with E-state index < -0.39 is 11.7 Å². The number of nitrogens with zero attached hydrogens (tertiary/aromatic N) is 3. The molecule has 9 heteroatoms. The number of carbonyl (C=O) groups is 3. The molecule has 1 fully saturated rings. The van der Waals surface area contributed by atoms with Crippen LogP contribution in [0.25, 0.3) is 0 Å². The number of halogens is 2. The zero-order valence-electron chi connectivity index (χ0n) is 21.9. The highest BCUT2D eigenvalue weighted by Crippen LogP contribution is 2.32. The summed E-state index contributed by atoms with van der Waals surface area (Å²) in [5.41, 5.74) is 4.12. The number of Topliss-reactive ketones (excluding diaryl/α,β-unsaturated/α-hetero) is 1. The number of ketones is 1. The Morgan fingerprint density at radius 1 is 0.821 bits per heavy atom. The predicted molar refractivity (Wildman–Crippen MR) is 159 cm³/mol. The molecule has 0 atom stereocenters. The van der Waals surface area contributed by atoms with Crippen LogP contribution in [0, 0.1) is 0 Å². The second-order valence-corrected chi connectivity index (χ2v) is 9.65. The highest BCUT2D eigenvalue weighted by atomic mass is 35.5. The molecule has 3 aromatic carbocycles. The van der Waals surface area contributed by atoms with Gasteiger partial charge in [-0.25, -0.2) is 0 Å². The van der Waals surface area contributed by atoms with Gasteiger partial charge in [0.1, 0.15) is 0 Å². The maximum Gasteiger partial charge on any atom is 0.299 e. The summed E-state index contributed by atoms with van der Waals surface area (Å²) in [6, 6.07) is 26.6. The van der Waals surface area contributed by atoms with Crippen LogP contribution in [0.5, 0.6) is 0 Å². The lowest BCUT2D eigenvalue weighted by Gasteiger charge is -2.40. The van der Waals surface area contributed by atoms with Crippen LogP contribution in [0.2, 0.25) is 0 Å². The number of amides is 2. The lowest BCUT2D eigenvalue weighted by atomic mass is 9.96. The predicted octanol–water partition coefficient (Wildman–Crippen LogP) is 4.82. The number of hydrogen-bond donors (Lipinski definition) is 1. The Balaban J connectivity index is 0.00000210. The van der Waals surface area contributed by atoms with Crippen molar-refractivity contribution in [3.63, 3.8) is 0 Å². The lowest BCUT2D eigenvalue weighted by molar-refractivity contribution is -0.115. The van der Waals surface area contributed by atoms with Gasteiger partial charge in [-0.1, -0.05) is 60.7 Å². The van der Waals surface area contributed by atoms with E-state index in [2.05, 4.69) is 75.8 Å². The van der Waals surface area contributed by atoms with Gasteiger partial charge in [0, 0.05) is 45.3 Å². The first-order valence-electron chi connectivity index (χ1n) is 12.9. The molecule has 2 aliphatic rings. The van der Waals surface area contributed by atoms with Crippen LogP contribution in [-0.2, 0) is 9.59 Å². The van der Waals surface area contributed by atoms with Crippen molar-refractivity contribution in [2.75, 3.05) is 49.5 Å². The number of nitrogens with one attached hydrogen (secondary N) is 1. The molecule has 39 heavy (non-hydrogen) atoms. The van der Waals surface area contributed by atoms with E-state index in [9.17, 15) is 14.4 Å². The van der Waals surface area contributed by atoms with Crippen molar-refractivity contribution in [2.24, 2.45) is 0 Å². The third-order valence-corrected chi connectivity index (χ3v) is 7.15. The Bertz CT molecular complexity index is 1240. The standard InChI is InChI=1S/C30H32N4O3.2ClH/c1-22(35)31-25-13-14-27-26(21-25)29(36)30(37)34(27)16-8-15-32-17-19-33(20-18-32)28(23-9-4-2-5-10-23)24-11-6-3-7-12-24;;/h2-7,9-14,21,28H,8,15-20H2,1H3,(H,31,35);2*1H. The van der Waals surface area contributed by atoms with Crippen molar-refractivity contribution < 1.29 is 14.4 Å². The maximum atomic E-state index is 12.6. The monoisotopic (exact) mass is 568 g/mol. The normalized spacial score (nSPS) is 15.5. The molecule has 2 heterocycles. The fourth-order valence-electron chi connectivity index (χ4n) is 5.39. The number of rotatable bonds is 8. The first-order chi connectivity index (χ1) is 18.0. The fourth-order valence-corrected chi connectivity index (χ4v) is 5.39. The van der Waals surface area contributed by atoms with Crippen molar-refractivity contribution in [3.8, 4) is 0 Å². The first-order valence-corrected chi connectivity index (χ1v) is 12.9. The van der Waals surface area contributed by atoms with Crippen LogP contribution >= 0.6 is 24.8 Å². The van der Waals surface area contributed by atoms with E-state index in [1.807, 2.05) is 0 Å². The number of anilines is 2. The summed E-state index contributed by atoms with van der Waals surface area (Å²) in [5.74, 6) is -1.22. The van der Waals surface area contributed by atoms with Gasteiger partial charge in [0.05, 0.1) is 17.3 Å². The maximum absolute atomic E-state index is 12.6. The number of piperazine rings is 1. The minimum atomic E-state index is -0.510. The highest BCUT2D eigenvalue weighted by Gasteiger charge is 2.36. The van der Waals surface area contributed by atoms with Gasteiger partial charge in [-0.05, 0) is 42.3 Å². The lowest BCUT2D eigenvalue weighted by Crippen LogP contribution is -2.48. The quantitative estimate of drug-likeness (QED) is 0.394. The zero-order chi connectivity index (χ0) is 25.8. The summed E-state index contributed by atoms with van der Waals surface area (Å²) < 4.78 is 0. The number of carbonyl (C=O) groups excluding carboxylic acids is 3. The van der Waals surface area contributed by atoms with E-state index >= 15 is 0 Å². The molecule has 3 aromatic rings. The molecule has 0 radical (unpaired) electrons. The van der Waals surface area contributed by atoms with Crippen LogP contribution < -0.4 is 10.2 Å².